The second-order valence-corrected chi connectivity index (χ2v) is 7.53. The molecule has 0 saturated heterocycles. The number of hydrogen-bond donors (Lipinski definition) is 1. The van der Waals surface area contributed by atoms with Crippen molar-refractivity contribution in [1.29, 1.82) is 0 Å². The minimum Gasteiger partial charge on any atom is -0.383 e. The normalized spacial score (nSPS) is 14.2. The Morgan fingerprint density at radius 1 is 1.11 bits per heavy atom. The molecule has 0 aliphatic carbocycles. The van der Waals surface area contributed by atoms with Crippen LogP contribution in [0.15, 0.2) is 24.3 Å². The zero-order chi connectivity index (χ0) is 14.0. The highest BCUT2D eigenvalue weighted by Crippen LogP contribution is 2.23. The molecule has 0 radical (unpaired) electrons. The summed E-state index contributed by atoms with van der Waals surface area (Å²) in [4.78, 5) is 0. The Morgan fingerprint density at radius 3 is 2.00 bits per heavy atom. The molecule has 6 nitrogen and oxygen atoms in total. The first kappa shape index (κ1) is 14.9. The summed E-state index contributed by atoms with van der Waals surface area (Å²) in [6.07, 6.45) is 0.939. The molecular weight excluding hydrogens is 278 g/mol. The van der Waals surface area contributed by atoms with Gasteiger partial charge in [0.2, 0.25) is 10.0 Å². The van der Waals surface area contributed by atoms with Gasteiger partial charge in [0.05, 0.1) is 11.5 Å². The van der Waals surface area contributed by atoms with Crippen LogP contribution >= 0.6 is 0 Å². The summed E-state index contributed by atoms with van der Waals surface area (Å²) in [6, 6.07) is 5.86. The van der Waals surface area contributed by atoms with E-state index in [0.29, 0.717) is 5.56 Å². The van der Waals surface area contributed by atoms with E-state index in [9.17, 15) is 16.8 Å². The molecule has 0 spiro atoms. The fourth-order valence-corrected chi connectivity index (χ4v) is 2.65. The predicted molar refractivity (Wildman–Crippen MR) is 68.3 cm³/mol. The minimum atomic E-state index is -3.57. The average Bonchev–Trinajstić information content (AvgIpc) is 2.27. The van der Waals surface area contributed by atoms with E-state index in [2.05, 4.69) is 8.91 Å². The summed E-state index contributed by atoms with van der Waals surface area (Å²) in [5.74, 6) is 0.148. The van der Waals surface area contributed by atoms with Crippen LogP contribution in [0, 0.1) is 0 Å². The van der Waals surface area contributed by atoms with Gasteiger partial charge in [0, 0.05) is 0 Å². The van der Waals surface area contributed by atoms with Gasteiger partial charge in [-0.05, 0) is 31.7 Å². The SMILES string of the molecule is CNS(=O)(=O)C(C)c1ccc(OS(C)(=O)=O)cc1. The summed E-state index contributed by atoms with van der Waals surface area (Å²) in [5.41, 5.74) is 0.546. The first-order chi connectivity index (χ1) is 8.15. The summed E-state index contributed by atoms with van der Waals surface area (Å²) in [6.45, 7) is 1.54. The number of nitrogens with one attached hydrogen (secondary N) is 1. The van der Waals surface area contributed by atoms with E-state index < -0.39 is 25.4 Å². The van der Waals surface area contributed by atoms with E-state index in [1.165, 1.54) is 38.2 Å². The van der Waals surface area contributed by atoms with Crippen molar-refractivity contribution in [1.82, 2.24) is 4.72 Å². The molecule has 0 aliphatic rings. The van der Waals surface area contributed by atoms with Crippen LogP contribution in [0.4, 0.5) is 0 Å². The summed E-state index contributed by atoms with van der Waals surface area (Å²) < 4.78 is 51.8. The minimum absolute atomic E-state index is 0.148. The Bertz CT molecular complexity index is 604. The molecular formula is C10H15NO5S2. The van der Waals surface area contributed by atoms with E-state index in [1.54, 1.807) is 0 Å². The first-order valence-electron chi connectivity index (χ1n) is 5.07. The Morgan fingerprint density at radius 2 is 1.61 bits per heavy atom. The quantitative estimate of drug-likeness (QED) is 0.804. The third kappa shape index (κ3) is 3.97. The van der Waals surface area contributed by atoms with Crippen LogP contribution < -0.4 is 8.91 Å². The molecule has 18 heavy (non-hydrogen) atoms. The standard InChI is InChI=1S/C10H15NO5S2/c1-8(18(14,15)11-2)9-4-6-10(7-5-9)16-17(3,12)13/h4-8,11H,1-3H3. The van der Waals surface area contributed by atoms with Gasteiger partial charge in [0.15, 0.2) is 0 Å². The molecule has 8 heteroatoms. The van der Waals surface area contributed by atoms with E-state index in [0.717, 1.165) is 6.26 Å². The molecule has 0 heterocycles. The molecule has 1 unspecified atom stereocenters. The number of benzene rings is 1. The lowest BCUT2D eigenvalue weighted by molar-refractivity contribution is 0.493. The van der Waals surface area contributed by atoms with Crippen molar-refractivity contribution >= 4 is 20.1 Å². The molecule has 1 atom stereocenters. The van der Waals surface area contributed by atoms with Crippen LogP contribution in [0.3, 0.4) is 0 Å². The maximum absolute atomic E-state index is 11.6. The molecule has 1 rings (SSSR count). The lowest BCUT2D eigenvalue weighted by atomic mass is 10.2. The van der Waals surface area contributed by atoms with Crippen molar-refractivity contribution in [2.24, 2.45) is 0 Å². The molecule has 0 amide bonds. The van der Waals surface area contributed by atoms with Crippen molar-refractivity contribution in [3.8, 4) is 5.75 Å². The Hall–Kier alpha value is -1.12. The molecule has 1 aromatic rings. The van der Waals surface area contributed by atoms with Gasteiger partial charge in [-0.15, -0.1) is 0 Å². The molecule has 1 N–H and O–H groups in total. The maximum Gasteiger partial charge on any atom is 0.306 e. The highest BCUT2D eigenvalue weighted by molar-refractivity contribution is 7.89. The van der Waals surface area contributed by atoms with Crippen molar-refractivity contribution in [2.45, 2.75) is 12.2 Å². The molecule has 0 aliphatic heterocycles. The molecule has 0 aromatic heterocycles. The van der Waals surface area contributed by atoms with Crippen molar-refractivity contribution in [3.63, 3.8) is 0 Å². The summed E-state index contributed by atoms with van der Waals surface area (Å²) in [5, 5.41) is -0.727. The lowest BCUT2D eigenvalue weighted by Gasteiger charge is -2.12. The van der Waals surface area contributed by atoms with Gasteiger partial charge in [-0.2, -0.15) is 8.42 Å². The van der Waals surface area contributed by atoms with Crippen LogP contribution in [0.25, 0.3) is 0 Å². The van der Waals surface area contributed by atoms with Crippen molar-refractivity contribution in [2.75, 3.05) is 13.3 Å². The fourth-order valence-electron chi connectivity index (χ4n) is 1.33. The molecule has 102 valence electrons. The highest BCUT2D eigenvalue weighted by atomic mass is 32.2. The van der Waals surface area contributed by atoms with Crippen LogP contribution in [0.5, 0.6) is 5.75 Å². The van der Waals surface area contributed by atoms with Gasteiger partial charge in [-0.25, -0.2) is 13.1 Å². The number of sulfonamides is 1. The van der Waals surface area contributed by atoms with E-state index >= 15 is 0 Å². The summed E-state index contributed by atoms with van der Waals surface area (Å²) >= 11 is 0. The molecule has 0 bridgehead atoms. The maximum atomic E-state index is 11.6. The van der Waals surface area contributed by atoms with Gasteiger partial charge in [-0.1, -0.05) is 12.1 Å². The number of hydrogen-bond acceptors (Lipinski definition) is 5. The van der Waals surface area contributed by atoms with Crippen LogP contribution in [-0.4, -0.2) is 30.1 Å². The zero-order valence-corrected chi connectivity index (χ0v) is 11.9. The van der Waals surface area contributed by atoms with Gasteiger partial charge < -0.3 is 4.18 Å². The Labute approximate surface area is 107 Å². The van der Waals surface area contributed by atoms with Crippen LogP contribution in [0.2, 0.25) is 0 Å². The predicted octanol–water partition coefficient (Wildman–Crippen LogP) is 0.635. The second kappa shape index (κ2) is 5.25. The fraction of sp³-hybridized carbons (Fsp3) is 0.400. The largest absolute Gasteiger partial charge is 0.383 e. The second-order valence-electron chi connectivity index (χ2n) is 3.75. The Kier molecular flexibility index (Phi) is 4.36. The van der Waals surface area contributed by atoms with Crippen molar-refractivity contribution in [3.05, 3.63) is 29.8 Å². The highest BCUT2D eigenvalue weighted by Gasteiger charge is 2.20. The van der Waals surface area contributed by atoms with Crippen LogP contribution in [-0.2, 0) is 20.1 Å². The van der Waals surface area contributed by atoms with Gasteiger partial charge in [0.25, 0.3) is 0 Å². The van der Waals surface area contributed by atoms with Crippen molar-refractivity contribution < 1.29 is 21.0 Å². The van der Waals surface area contributed by atoms with Crippen LogP contribution in [0.1, 0.15) is 17.7 Å². The topological polar surface area (TPSA) is 89.5 Å². The van der Waals surface area contributed by atoms with E-state index in [-0.39, 0.29) is 5.75 Å². The third-order valence-electron chi connectivity index (χ3n) is 2.35. The first-order valence-corrected chi connectivity index (χ1v) is 8.44. The molecule has 1 aromatic carbocycles. The Balaban J connectivity index is 2.97. The average molecular weight is 293 g/mol. The van der Waals surface area contributed by atoms with E-state index in [4.69, 9.17) is 0 Å². The van der Waals surface area contributed by atoms with Gasteiger partial charge in [-0.3, -0.25) is 0 Å². The van der Waals surface area contributed by atoms with Gasteiger partial charge >= 0.3 is 10.1 Å². The van der Waals surface area contributed by atoms with Gasteiger partial charge in [0.1, 0.15) is 5.75 Å². The third-order valence-corrected chi connectivity index (χ3v) is 4.61. The lowest BCUT2D eigenvalue weighted by Crippen LogP contribution is -2.24. The van der Waals surface area contributed by atoms with E-state index in [1.807, 2.05) is 0 Å². The monoisotopic (exact) mass is 293 g/mol. The zero-order valence-electron chi connectivity index (χ0n) is 10.2. The number of rotatable bonds is 5. The smallest absolute Gasteiger partial charge is 0.306 e. The molecule has 0 fully saturated rings. The molecule has 0 saturated carbocycles. The summed E-state index contributed by atoms with van der Waals surface area (Å²) in [7, 11) is -5.64.